The van der Waals surface area contributed by atoms with Crippen LogP contribution in [0.25, 0.3) is 27.5 Å². The smallest absolute Gasteiger partial charge is 0.0181 e. The van der Waals surface area contributed by atoms with Gasteiger partial charge >= 0.3 is 0 Å². The fraction of sp³-hybridized carbons (Fsp3) is 0.350. The third-order valence-corrected chi connectivity index (χ3v) is 9.83. The topological polar surface area (TPSA) is 26.0 Å². The van der Waals surface area contributed by atoms with Gasteiger partial charge in [0, 0.05) is 12.5 Å². The van der Waals surface area contributed by atoms with Gasteiger partial charge in [-0.1, -0.05) is 107 Å². The molecule has 0 aliphatic heterocycles. The van der Waals surface area contributed by atoms with Gasteiger partial charge in [-0.15, -0.1) is 0 Å². The first kappa shape index (κ1) is 27.7. The zero-order valence-electron chi connectivity index (χ0n) is 25.8. The van der Waals surface area contributed by atoms with Gasteiger partial charge in [-0.3, -0.25) is 0 Å². The molecule has 2 N–H and O–H groups in total. The fourth-order valence-electron chi connectivity index (χ4n) is 7.72. The number of rotatable bonds is 6. The van der Waals surface area contributed by atoms with Crippen molar-refractivity contribution >= 4 is 16.3 Å². The van der Waals surface area contributed by atoms with Crippen LogP contribution in [-0.4, -0.2) is 0 Å². The average Bonchev–Trinajstić information content (AvgIpc) is 2.99. The molecule has 41 heavy (non-hydrogen) atoms. The van der Waals surface area contributed by atoms with Crippen molar-refractivity contribution in [3.8, 4) is 11.1 Å². The molecule has 210 valence electrons. The summed E-state index contributed by atoms with van der Waals surface area (Å²) >= 11 is 0. The first-order valence-electron chi connectivity index (χ1n) is 15.8. The Hall–Kier alpha value is -3.42. The van der Waals surface area contributed by atoms with E-state index in [-0.39, 0.29) is 0 Å². The lowest BCUT2D eigenvalue weighted by atomic mass is 9.67. The molecule has 0 fully saturated rings. The summed E-state index contributed by atoms with van der Waals surface area (Å²) in [7, 11) is 0. The normalized spacial score (nSPS) is 18.2. The van der Waals surface area contributed by atoms with Crippen LogP contribution >= 0.6 is 0 Å². The standard InChI is InChI=1S/C40H45N/c1-7-27-12-10-13-28(8-2)40(27)32-19-26(6)38-30(20-32)17-18-33-34-14-9-11-25(5)39(34)37(22-36(33)38)35-21-29(24(3)4)15-16-31(35)23-41/h9-10,12-21,24-25,37H,7-8,11,22-23,41H2,1-6H3. The van der Waals surface area contributed by atoms with E-state index in [1.165, 1.54) is 72.0 Å². The molecule has 0 spiro atoms. The average molecular weight is 540 g/mol. The van der Waals surface area contributed by atoms with Crippen LogP contribution in [0.2, 0.25) is 0 Å². The highest BCUT2D eigenvalue weighted by Crippen LogP contribution is 2.50. The van der Waals surface area contributed by atoms with Crippen molar-refractivity contribution in [2.75, 3.05) is 0 Å². The summed E-state index contributed by atoms with van der Waals surface area (Å²) < 4.78 is 0. The molecular formula is C40H45N. The Morgan fingerprint density at radius 1 is 0.902 bits per heavy atom. The lowest BCUT2D eigenvalue weighted by Crippen LogP contribution is -2.23. The summed E-state index contributed by atoms with van der Waals surface area (Å²) in [6.45, 7) is 14.5. The predicted molar refractivity (Wildman–Crippen MR) is 178 cm³/mol. The second-order valence-electron chi connectivity index (χ2n) is 12.6. The van der Waals surface area contributed by atoms with Crippen molar-refractivity contribution < 1.29 is 0 Å². The van der Waals surface area contributed by atoms with E-state index in [4.69, 9.17) is 5.73 Å². The highest BCUT2D eigenvalue weighted by Gasteiger charge is 2.34. The lowest BCUT2D eigenvalue weighted by Gasteiger charge is -2.37. The number of aryl methyl sites for hydroxylation is 3. The van der Waals surface area contributed by atoms with Crippen LogP contribution in [0.1, 0.15) is 97.4 Å². The van der Waals surface area contributed by atoms with Gasteiger partial charge in [0.1, 0.15) is 0 Å². The van der Waals surface area contributed by atoms with Gasteiger partial charge < -0.3 is 5.73 Å². The molecule has 1 heteroatoms. The van der Waals surface area contributed by atoms with Crippen molar-refractivity contribution in [2.45, 2.75) is 85.6 Å². The molecule has 0 saturated carbocycles. The van der Waals surface area contributed by atoms with E-state index in [0.29, 0.717) is 24.3 Å². The minimum absolute atomic E-state index is 0.354. The molecule has 0 saturated heterocycles. The van der Waals surface area contributed by atoms with Crippen molar-refractivity contribution in [3.05, 3.63) is 123 Å². The van der Waals surface area contributed by atoms with Gasteiger partial charge in [0.25, 0.3) is 0 Å². The molecule has 1 nitrogen and oxygen atoms in total. The molecule has 2 unspecified atom stereocenters. The van der Waals surface area contributed by atoms with Crippen LogP contribution in [-0.2, 0) is 25.8 Å². The summed E-state index contributed by atoms with van der Waals surface area (Å²) in [6.07, 6.45) is 9.04. The van der Waals surface area contributed by atoms with Crippen molar-refractivity contribution in [3.63, 3.8) is 0 Å². The molecule has 0 amide bonds. The SMILES string of the molecule is CCc1cccc(CC)c1-c1cc(C)c2c3c(ccc2c1)C1=C(C(C)CC=C1)C(c1cc(C(C)C)ccc1CN)C3. The van der Waals surface area contributed by atoms with E-state index >= 15 is 0 Å². The van der Waals surface area contributed by atoms with Crippen LogP contribution in [0, 0.1) is 12.8 Å². The van der Waals surface area contributed by atoms with Crippen molar-refractivity contribution in [1.82, 2.24) is 0 Å². The van der Waals surface area contributed by atoms with Gasteiger partial charge in [0.2, 0.25) is 0 Å². The Balaban J connectivity index is 1.59. The highest BCUT2D eigenvalue weighted by molar-refractivity contribution is 5.99. The van der Waals surface area contributed by atoms with Gasteiger partial charge in [0.05, 0.1) is 0 Å². The Bertz CT molecular complexity index is 1670. The summed E-state index contributed by atoms with van der Waals surface area (Å²) in [5, 5.41) is 2.80. The maximum absolute atomic E-state index is 6.38. The Morgan fingerprint density at radius 3 is 2.34 bits per heavy atom. The number of allylic oxidation sites excluding steroid dienone is 4. The van der Waals surface area contributed by atoms with Crippen molar-refractivity contribution in [1.29, 1.82) is 0 Å². The maximum atomic E-state index is 6.38. The van der Waals surface area contributed by atoms with Gasteiger partial charge in [-0.2, -0.15) is 0 Å². The quantitative estimate of drug-likeness (QED) is 0.259. The van der Waals surface area contributed by atoms with Gasteiger partial charge in [0.15, 0.2) is 0 Å². The Kier molecular flexibility index (Phi) is 7.51. The zero-order chi connectivity index (χ0) is 28.8. The van der Waals surface area contributed by atoms with Crippen LogP contribution in [0.5, 0.6) is 0 Å². The van der Waals surface area contributed by atoms with E-state index in [1.54, 1.807) is 5.57 Å². The zero-order valence-corrected chi connectivity index (χ0v) is 25.8. The molecule has 0 radical (unpaired) electrons. The number of fused-ring (bicyclic) bond motifs is 4. The second-order valence-corrected chi connectivity index (χ2v) is 12.6. The third kappa shape index (κ3) is 4.69. The second kappa shape index (κ2) is 11.1. The van der Waals surface area contributed by atoms with Crippen LogP contribution < -0.4 is 5.73 Å². The molecule has 0 heterocycles. The van der Waals surface area contributed by atoms with E-state index in [1.807, 2.05) is 0 Å². The number of benzene rings is 4. The minimum atomic E-state index is 0.354. The minimum Gasteiger partial charge on any atom is -0.326 e. The molecule has 2 atom stereocenters. The maximum Gasteiger partial charge on any atom is 0.0181 e. The van der Waals surface area contributed by atoms with Crippen LogP contribution in [0.3, 0.4) is 0 Å². The predicted octanol–water partition coefficient (Wildman–Crippen LogP) is 10.2. The summed E-state index contributed by atoms with van der Waals surface area (Å²) in [4.78, 5) is 0. The van der Waals surface area contributed by atoms with Gasteiger partial charge in [-0.05, 0) is 122 Å². The third-order valence-electron chi connectivity index (χ3n) is 9.83. The lowest BCUT2D eigenvalue weighted by molar-refractivity contribution is 0.596. The van der Waals surface area contributed by atoms with Gasteiger partial charge in [-0.25, -0.2) is 0 Å². The fourth-order valence-corrected chi connectivity index (χ4v) is 7.72. The first-order chi connectivity index (χ1) is 19.9. The molecule has 0 aromatic heterocycles. The largest absolute Gasteiger partial charge is 0.326 e. The van der Waals surface area contributed by atoms with E-state index < -0.39 is 0 Å². The van der Waals surface area contributed by atoms with E-state index in [0.717, 1.165) is 25.7 Å². The molecule has 2 aliphatic rings. The molecule has 4 aromatic rings. The van der Waals surface area contributed by atoms with E-state index in [2.05, 4.69) is 114 Å². The molecule has 0 bridgehead atoms. The summed E-state index contributed by atoms with van der Waals surface area (Å²) in [6, 6.07) is 23.6. The Morgan fingerprint density at radius 2 is 1.66 bits per heavy atom. The monoisotopic (exact) mass is 539 g/mol. The molecule has 6 rings (SSSR count). The van der Waals surface area contributed by atoms with Crippen LogP contribution in [0.15, 0.2) is 78.4 Å². The highest BCUT2D eigenvalue weighted by atomic mass is 14.5. The number of nitrogens with two attached hydrogens (primary N) is 1. The summed E-state index contributed by atoms with van der Waals surface area (Å²) in [5.74, 6) is 1.37. The van der Waals surface area contributed by atoms with E-state index in [9.17, 15) is 0 Å². The summed E-state index contributed by atoms with van der Waals surface area (Å²) in [5.41, 5.74) is 23.6. The Labute approximate surface area is 247 Å². The number of hydrogen-bond acceptors (Lipinski definition) is 1. The molecule has 2 aliphatic carbocycles. The van der Waals surface area contributed by atoms with Crippen molar-refractivity contribution in [2.24, 2.45) is 11.7 Å². The van der Waals surface area contributed by atoms with Crippen LogP contribution in [0.4, 0.5) is 0 Å². The number of hydrogen-bond donors (Lipinski definition) is 1. The first-order valence-corrected chi connectivity index (χ1v) is 15.8. The molecule has 4 aromatic carbocycles. The molecular weight excluding hydrogens is 494 g/mol.